The van der Waals surface area contributed by atoms with Gasteiger partial charge in [0.05, 0.1) is 5.56 Å². The first-order chi connectivity index (χ1) is 11.0. The molecule has 0 atom stereocenters. The number of hydrogen-bond donors (Lipinski definition) is 1. The maximum atomic E-state index is 11.8. The summed E-state index contributed by atoms with van der Waals surface area (Å²) < 4.78 is 4.93. The van der Waals surface area contributed by atoms with Gasteiger partial charge < -0.3 is 10.1 Å². The normalized spacial score (nSPS) is 10.4. The van der Waals surface area contributed by atoms with Crippen LogP contribution in [0.4, 0.5) is 5.69 Å². The number of anilines is 1. The van der Waals surface area contributed by atoms with Crippen LogP contribution in [0.1, 0.15) is 35.7 Å². The van der Waals surface area contributed by atoms with Crippen LogP contribution in [0, 0.1) is 0 Å². The number of pyridine rings is 1. The molecule has 1 N–H and O–H groups in total. The number of ether oxygens (including phenoxy) is 1. The van der Waals surface area contributed by atoms with Crippen LogP contribution in [0.15, 0.2) is 42.6 Å². The van der Waals surface area contributed by atoms with Crippen LogP contribution in [0.5, 0.6) is 0 Å². The van der Waals surface area contributed by atoms with Crippen LogP contribution in [0.3, 0.4) is 0 Å². The summed E-state index contributed by atoms with van der Waals surface area (Å²) in [6.07, 6.45) is 1.46. The van der Waals surface area contributed by atoms with Gasteiger partial charge in [-0.15, -0.1) is 0 Å². The minimum absolute atomic E-state index is 0.0437. The quantitative estimate of drug-likeness (QED) is 0.670. The van der Waals surface area contributed by atoms with Crippen molar-refractivity contribution in [1.82, 2.24) is 4.98 Å². The molecule has 0 bridgehead atoms. The first-order valence-corrected chi connectivity index (χ1v) is 7.52. The number of nitrogens with one attached hydrogen (secondary N) is 1. The molecule has 0 aliphatic rings. The predicted octanol–water partition coefficient (Wildman–Crippen LogP) is 3.65. The van der Waals surface area contributed by atoms with Crippen molar-refractivity contribution in [3.8, 4) is 0 Å². The number of rotatable bonds is 5. The molecule has 1 aromatic heterocycles. The lowest BCUT2D eigenvalue weighted by molar-refractivity contribution is -0.119. The largest absolute Gasteiger partial charge is 0.452 e. The highest BCUT2D eigenvalue weighted by molar-refractivity contribution is 6.32. The van der Waals surface area contributed by atoms with E-state index in [1.807, 2.05) is 24.3 Å². The van der Waals surface area contributed by atoms with Crippen LogP contribution in [-0.2, 0) is 9.53 Å². The van der Waals surface area contributed by atoms with Gasteiger partial charge in [-0.05, 0) is 35.7 Å². The third-order valence-corrected chi connectivity index (χ3v) is 3.48. The van der Waals surface area contributed by atoms with E-state index < -0.39 is 18.5 Å². The summed E-state index contributed by atoms with van der Waals surface area (Å²) >= 11 is 5.79. The fraction of sp³-hybridized carbons (Fsp3) is 0.235. The standard InChI is InChI=1S/C17H17ClN2O3/c1-11(2)12-5-7-13(8-6-12)20-15(21)10-23-17(22)14-4-3-9-19-16(14)18/h3-9,11H,10H2,1-2H3,(H,20,21). The maximum Gasteiger partial charge on any atom is 0.341 e. The second-order valence-corrected chi connectivity index (χ2v) is 5.60. The Bertz CT molecular complexity index is 699. The highest BCUT2D eigenvalue weighted by atomic mass is 35.5. The number of hydrogen-bond acceptors (Lipinski definition) is 4. The first kappa shape index (κ1) is 17.0. The molecule has 120 valence electrons. The fourth-order valence-electron chi connectivity index (χ4n) is 1.90. The lowest BCUT2D eigenvalue weighted by Gasteiger charge is -2.09. The molecule has 0 unspecified atom stereocenters. The molecule has 0 saturated heterocycles. The number of carbonyl (C=O) groups is 2. The summed E-state index contributed by atoms with van der Waals surface area (Å²) in [5.74, 6) is -0.686. The maximum absolute atomic E-state index is 11.8. The average Bonchev–Trinajstić information content (AvgIpc) is 2.53. The Kier molecular flexibility index (Phi) is 5.71. The second-order valence-electron chi connectivity index (χ2n) is 5.24. The van der Waals surface area contributed by atoms with Crippen molar-refractivity contribution in [1.29, 1.82) is 0 Å². The highest BCUT2D eigenvalue weighted by Crippen LogP contribution is 2.17. The van der Waals surface area contributed by atoms with Crippen LogP contribution in [0.2, 0.25) is 5.15 Å². The molecular formula is C17H17ClN2O3. The van der Waals surface area contributed by atoms with Gasteiger partial charge in [-0.3, -0.25) is 4.79 Å². The summed E-state index contributed by atoms with van der Waals surface area (Å²) in [5, 5.41) is 2.71. The van der Waals surface area contributed by atoms with Crippen molar-refractivity contribution in [2.24, 2.45) is 0 Å². The Balaban J connectivity index is 1.88. The van der Waals surface area contributed by atoms with Crippen molar-refractivity contribution >= 4 is 29.2 Å². The second kappa shape index (κ2) is 7.74. The smallest absolute Gasteiger partial charge is 0.341 e. The van der Waals surface area contributed by atoms with Crippen molar-refractivity contribution < 1.29 is 14.3 Å². The summed E-state index contributed by atoms with van der Waals surface area (Å²) in [5.41, 5.74) is 1.96. The third kappa shape index (κ3) is 4.79. The van der Waals surface area contributed by atoms with E-state index in [4.69, 9.17) is 16.3 Å². The van der Waals surface area contributed by atoms with E-state index in [-0.39, 0.29) is 10.7 Å². The Morgan fingerprint density at radius 1 is 1.22 bits per heavy atom. The molecule has 0 aliphatic carbocycles. The Labute approximate surface area is 139 Å². The number of halogens is 1. The number of amides is 1. The van der Waals surface area contributed by atoms with Gasteiger partial charge in [0.1, 0.15) is 5.15 Å². The van der Waals surface area contributed by atoms with Crippen LogP contribution >= 0.6 is 11.6 Å². The van der Waals surface area contributed by atoms with Crippen LogP contribution in [-0.4, -0.2) is 23.5 Å². The van der Waals surface area contributed by atoms with E-state index in [2.05, 4.69) is 24.1 Å². The average molecular weight is 333 g/mol. The number of carbonyl (C=O) groups excluding carboxylic acids is 2. The molecule has 0 fully saturated rings. The summed E-state index contributed by atoms with van der Waals surface area (Å²) in [7, 11) is 0. The molecular weight excluding hydrogens is 316 g/mol. The van der Waals surface area contributed by atoms with Crippen LogP contribution < -0.4 is 5.32 Å². The number of aromatic nitrogens is 1. The van der Waals surface area contributed by atoms with E-state index in [1.54, 1.807) is 6.07 Å². The van der Waals surface area contributed by atoms with E-state index in [1.165, 1.54) is 17.8 Å². The lowest BCUT2D eigenvalue weighted by Crippen LogP contribution is -2.21. The third-order valence-electron chi connectivity index (χ3n) is 3.17. The van der Waals surface area contributed by atoms with Crippen molar-refractivity contribution in [2.45, 2.75) is 19.8 Å². The highest BCUT2D eigenvalue weighted by Gasteiger charge is 2.14. The summed E-state index contributed by atoms with van der Waals surface area (Å²) in [6.45, 7) is 3.79. The minimum atomic E-state index is -0.687. The molecule has 0 aliphatic heterocycles. The predicted molar refractivity (Wildman–Crippen MR) is 88.7 cm³/mol. The molecule has 0 radical (unpaired) electrons. The van der Waals surface area contributed by atoms with E-state index in [0.29, 0.717) is 11.6 Å². The lowest BCUT2D eigenvalue weighted by atomic mass is 10.0. The molecule has 0 spiro atoms. The topological polar surface area (TPSA) is 68.3 Å². The van der Waals surface area contributed by atoms with Gasteiger partial charge in [-0.2, -0.15) is 0 Å². The zero-order valence-electron chi connectivity index (χ0n) is 12.9. The SMILES string of the molecule is CC(C)c1ccc(NC(=O)COC(=O)c2cccnc2Cl)cc1. The summed E-state index contributed by atoms with van der Waals surface area (Å²) in [4.78, 5) is 27.4. The Hall–Kier alpha value is -2.40. The van der Waals surface area contributed by atoms with Gasteiger partial charge in [-0.25, -0.2) is 9.78 Å². The zero-order chi connectivity index (χ0) is 16.8. The molecule has 1 amide bonds. The van der Waals surface area contributed by atoms with Gasteiger partial charge in [0, 0.05) is 11.9 Å². The minimum Gasteiger partial charge on any atom is -0.452 e. The molecule has 0 saturated carbocycles. The van der Waals surface area contributed by atoms with Crippen LogP contribution in [0.25, 0.3) is 0 Å². The number of benzene rings is 1. The van der Waals surface area contributed by atoms with E-state index >= 15 is 0 Å². The van der Waals surface area contributed by atoms with Crippen molar-refractivity contribution in [3.63, 3.8) is 0 Å². The number of esters is 1. The molecule has 2 rings (SSSR count). The molecule has 2 aromatic rings. The van der Waals surface area contributed by atoms with Gasteiger partial charge in [0.2, 0.25) is 0 Å². The molecule has 5 nitrogen and oxygen atoms in total. The van der Waals surface area contributed by atoms with Crippen molar-refractivity contribution in [3.05, 3.63) is 58.9 Å². The van der Waals surface area contributed by atoms with E-state index in [9.17, 15) is 9.59 Å². The fourth-order valence-corrected chi connectivity index (χ4v) is 2.09. The summed E-state index contributed by atoms with van der Waals surface area (Å²) in [6, 6.07) is 10.6. The number of nitrogens with zero attached hydrogens (tertiary/aromatic N) is 1. The monoisotopic (exact) mass is 332 g/mol. The first-order valence-electron chi connectivity index (χ1n) is 7.15. The van der Waals surface area contributed by atoms with Crippen molar-refractivity contribution in [2.75, 3.05) is 11.9 Å². The van der Waals surface area contributed by atoms with E-state index in [0.717, 1.165) is 0 Å². The zero-order valence-corrected chi connectivity index (χ0v) is 13.6. The van der Waals surface area contributed by atoms with Gasteiger partial charge in [0.15, 0.2) is 6.61 Å². The van der Waals surface area contributed by atoms with Gasteiger partial charge >= 0.3 is 5.97 Å². The molecule has 23 heavy (non-hydrogen) atoms. The van der Waals surface area contributed by atoms with Gasteiger partial charge in [-0.1, -0.05) is 37.6 Å². The molecule has 1 heterocycles. The molecule has 6 heteroatoms. The Morgan fingerprint density at radius 2 is 1.91 bits per heavy atom. The Morgan fingerprint density at radius 3 is 2.52 bits per heavy atom. The molecule has 1 aromatic carbocycles. The van der Waals surface area contributed by atoms with Gasteiger partial charge in [0.25, 0.3) is 5.91 Å².